The monoisotopic (exact) mass is 280 g/mol. The lowest BCUT2D eigenvalue weighted by Crippen LogP contribution is -2.47. The summed E-state index contributed by atoms with van der Waals surface area (Å²) in [5.41, 5.74) is -0.0545. The lowest BCUT2D eigenvalue weighted by atomic mass is 9.91. The molecule has 1 atom stereocenters. The molecule has 1 aromatic rings. The van der Waals surface area contributed by atoms with Gasteiger partial charge in [0.2, 0.25) is 0 Å². The zero-order chi connectivity index (χ0) is 15.2. The lowest BCUT2D eigenvalue weighted by Gasteiger charge is -2.36. The van der Waals surface area contributed by atoms with Crippen molar-refractivity contribution in [1.29, 1.82) is 5.26 Å². The number of hydrogen-bond donors (Lipinski definition) is 0. The maximum absolute atomic E-state index is 13.3. The molecule has 0 aliphatic carbocycles. The van der Waals surface area contributed by atoms with Crippen molar-refractivity contribution in [3.63, 3.8) is 0 Å². The molecule has 1 rings (SSSR count). The third-order valence-corrected chi connectivity index (χ3v) is 3.46. The summed E-state index contributed by atoms with van der Waals surface area (Å²) < 4.78 is 26.2. The highest BCUT2D eigenvalue weighted by molar-refractivity contribution is 5.23. The Hall–Kier alpha value is -1.47. The molecule has 0 fully saturated rings. The van der Waals surface area contributed by atoms with Crippen LogP contribution in [0.3, 0.4) is 0 Å². The summed E-state index contributed by atoms with van der Waals surface area (Å²) >= 11 is 0. The number of benzene rings is 1. The first-order valence-corrected chi connectivity index (χ1v) is 7.07. The van der Waals surface area contributed by atoms with Gasteiger partial charge in [-0.2, -0.15) is 5.26 Å². The van der Waals surface area contributed by atoms with Crippen LogP contribution in [0.15, 0.2) is 18.2 Å². The van der Waals surface area contributed by atoms with Crippen LogP contribution in [0.4, 0.5) is 8.78 Å². The average Bonchev–Trinajstić information content (AvgIpc) is 2.42. The van der Waals surface area contributed by atoms with Crippen molar-refractivity contribution in [3.05, 3.63) is 35.4 Å². The number of nitriles is 1. The van der Waals surface area contributed by atoms with Crippen LogP contribution in [0.5, 0.6) is 0 Å². The zero-order valence-electron chi connectivity index (χ0n) is 12.4. The number of hydrogen-bond acceptors (Lipinski definition) is 2. The third-order valence-electron chi connectivity index (χ3n) is 3.46. The van der Waals surface area contributed by atoms with Crippen molar-refractivity contribution >= 4 is 0 Å². The minimum atomic E-state index is -0.861. The van der Waals surface area contributed by atoms with Crippen molar-refractivity contribution in [1.82, 2.24) is 4.90 Å². The van der Waals surface area contributed by atoms with E-state index in [0.717, 1.165) is 32.0 Å². The summed E-state index contributed by atoms with van der Waals surface area (Å²) in [5, 5.41) is 9.53. The second-order valence-electron chi connectivity index (χ2n) is 5.30. The van der Waals surface area contributed by atoms with Gasteiger partial charge < -0.3 is 0 Å². The SMILES string of the molecule is CCCN(CCC)C(C)(C#N)Cc1ccc(F)c(F)c1. The first-order chi connectivity index (χ1) is 9.46. The smallest absolute Gasteiger partial charge is 0.159 e. The van der Waals surface area contributed by atoms with Gasteiger partial charge in [0.05, 0.1) is 6.07 Å². The fraction of sp³-hybridized carbons (Fsp3) is 0.562. The Morgan fingerprint density at radius 2 is 1.75 bits per heavy atom. The first-order valence-electron chi connectivity index (χ1n) is 7.07. The molecule has 0 aromatic heterocycles. The molecule has 0 heterocycles. The van der Waals surface area contributed by atoms with Crippen molar-refractivity contribution in [2.24, 2.45) is 0 Å². The largest absolute Gasteiger partial charge is 0.286 e. The van der Waals surface area contributed by atoms with E-state index in [1.54, 1.807) is 6.07 Å². The van der Waals surface area contributed by atoms with Gasteiger partial charge in [0.15, 0.2) is 11.6 Å². The minimum absolute atomic E-state index is 0.390. The summed E-state index contributed by atoms with van der Waals surface area (Å²) in [5.74, 6) is -1.72. The maximum Gasteiger partial charge on any atom is 0.159 e. The average molecular weight is 280 g/mol. The predicted molar refractivity (Wildman–Crippen MR) is 76.2 cm³/mol. The van der Waals surface area contributed by atoms with E-state index in [0.29, 0.717) is 12.0 Å². The molecule has 20 heavy (non-hydrogen) atoms. The number of halogens is 2. The van der Waals surface area contributed by atoms with Crippen LogP contribution in [0.1, 0.15) is 39.2 Å². The highest BCUT2D eigenvalue weighted by Crippen LogP contribution is 2.22. The third kappa shape index (κ3) is 4.01. The molecule has 4 heteroatoms. The molecule has 0 aliphatic heterocycles. The first kappa shape index (κ1) is 16.6. The Balaban J connectivity index is 2.97. The summed E-state index contributed by atoms with van der Waals surface area (Å²) in [7, 11) is 0. The van der Waals surface area contributed by atoms with Gasteiger partial charge in [-0.1, -0.05) is 19.9 Å². The normalized spacial score (nSPS) is 14.1. The Labute approximate surface area is 120 Å². The van der Waals surface area contributed by atoms with Crippen molar-refractivity contribution in [2.75, 3.05) is 13.1 Å². The summed E-state index contributed by atoms with van der Waals surface area (Å²) in [6, 6.07) is 6.19. The highest BCUT2D eigenvalue weighted by atomic mass is 19.2. The fourth-order valence-corrected chi connectivity index (χ4v) is 2.41. The van der Waals surface area contributed by atoms with Gasteiger partial charge >= 0.3 is 0 Å². The van der Waals surface area contributed by atoms with E-state index in [4.69, 9.17) is 0 Å². The highest BCUT2D eigenvalue weighted by Gasteiger charge is 2.31. The van der Waals surface area contributed by atoms with Gasteiger partial charge in [0.25, 0.3) is 0 Å². The van der Waals surface area contributed by atoms with Gasteiger partial charge in [0, 0.05) is 6.42 Å². The molecule has 2 nitrogen and oxygen atoms in total. The predicted octanol–water partition coefficient (Wildman–Crippen LogP) is 3.91. The van der Waals surface area contributed by atoms with Gasteiger partial charge in [-0.3, -0.25) is 4.90 Å². The van der Waals surface area contributed by atoms with Crippen LogP contribution in [0.25, 0.3) is 0 Å². The summed E-state index contributed by atoms with van der Waals surface area (Å²) in [4.78, 5) is 2.12. The van der Waals surface area contributed by atoms with Gasteiger partial charge in [-0.25, -0.2) is 8.78 Å². The van der Waals surface area contributed by atoms with E-state index in [9.17, 15) is 14.0 Å². The second-order valence-corrected chi connectivity index (χ2v) is 5.30. The number of rotatable bonds is 7. The Morgan fingerprint density at radius 1 is 1.15 bits per heavy atom. The van der Waals surface area contributed by atoms with Crippen LogP contribution in [-0.4, -0.2) is 23.5 Å². The quantitative estimate of drug-likeness (QED) is 0.757. The van der Waals surface area contributed by atoms with Crippen LogP contribution < -0.4 is 0 Å². The zero-order valence-corrected chi connectivity index (χ0v) is 12.4. The number of nitrogens with zero attached hydrogens (tertiary/aromatic N) is 2. The van der Waals surface area contributed by atoms with Gasteiger partial charge in [-0.05, 0) is 50.6 Å². The Morgan fingerprint density at radius 3 is 2.20 bits per heavy atom. The Bertz CT molecular complexity index is 476. The fourth-order valence-electron chi connectivity index (χ4n) is 2.41. The molecule has 0 saturated carbocycles. The van der Waals surface area contributed by atoms with Crippen LogP contribution in [0.2, 0.25) is 0 Å². The summed E-state index contributed by atoms with van der Waals surface area (Å²) in [6.07, 6.45) is 2.30. The minimum Gasteiger partial charge on any atom is -0.286 e. The molecular formula is C16H22F2N2. The molecule has 110 valence electrons. The van der Waals surface area contributed by atoms with E-state index in [2.05, 4.69) is 24.8 Å². The van der Waals surface area contributed by atoms with Crippen molar-refractivity contribution < 1.29 is 8.78 Å². The van der Waals surface area contributed by atoms with Gasteiger partial charge in [-0.15, -0.1) is 0 Å². The summed E-state index contributed by atoms with van der Waals surface area (Å²) in [6.45, 7) is 7.64. The molecular weight excluding hydrogens is 258 g/mol. The maximum atomic E-state index is 13.3. The second kappa shape index (κ2) is 7.35. The van der Waals surface area contributed by atoms with Crippen LogP contribution >= 0.6 is 0 Å². The van der Waals surface area contributed by atoms with Gasteiger partial charge in [0.1, 0.15) is 5.54 Å². The van der Waals surface area contributed by atoms with Crippen LogP contribution in [0, 0.1) is 23.0 Å². The van der Waals surface area contributed by atoms with E-state index in [1.165, 1.54) is 6.07 Å². The topological polar surface area (TPSA) is 27.0 Å². The lowest BCUT2D eigenvalue weighted by molar-refractivity contribution is 0.151. The molecule has 0 spiro atoms. The van der Waals surface area contributed by atoms with E-state index in [1.807, 2.05) is 6.92 Å². The Kier molecular flexibility index (Phi) is 6.09. The van der Waals surface area contributed by atoms with Crippen LogP contribution in [-0.2, 0) is 6.42 Å². The molecule has 0 radical (unpaired) electrons. The molecule has 0 aliphatic rings. The van der Waals surface area contributed by atoms with E-state index in [-0.39, 0.29) is 0 Å². The molecule has 0 N–H and O–H groups in total. The molecule has 1 unspecified atom stereocenters. The standard InChI is InChI=1S/C16H22F2N2/c1-4-8-20(9-5-2)16(3,12-19)11-13-6-7-14(17)15(18)10-13/h6-7,10H,4-5,8-9,11H2,1-3H3. The van der Waals surface area contributed by atoms with Crippen molar-refractivity contribution in [3.8, 4) is 6.07 Å². The molecule has 0 bridgehead atoms. The van der Waals surface area contributed by atoms with E-state index >= 15 is 0 Å². The molecule has 1 aromatic carbocycles. The van der Waals surface area contributed by atoms with Crippen molar-refractivity contribution in [2.45, 2.75) is 45.6 Å². The molecule has 0 amide bonds. The molecule has 0 saturated heterocycles. The van der Waals surface area contributed by atoms with E-state index < -0.39 is 17.2 Å².